The lowest BCUT2D eigenvalue weighted by Crippen LogP contribution is -2.33. The summed E-state index contributed by atoms with van der Waals surface area (Å²) in [6, 6.07) is 5.44. The second kappa shape index (κ2) is 8.18. The van der Waals surface area contributed by atoms with Crippen LogP contribution in [0.15, 0.2) is 24.3 Å². The van der Waals surface area contributed by atoms with E-state index in [1.165, 1.54) is 18.2 Å². The molecule has 0 aliphatic heterocycles. The molecule has 2 N–H and O–H groups in total. The van der Waals surface area contributed by atoms with E-state index in [2.05, 4.69) is 10.1 Å². The number of hydrogen-bond acceptors (Lipinski definition) is 3. The van der Waals surface area contributed by atoms with Gasteiger partial charge in [-0.3, -0.25) is 9.59 Å². The molecule has 0 heterocycles. The van der Waals surface area contributed by atoms with Crippen LogP contribution in [0.3, 0.4) is 0 Å². The van der Waals surface area contributed by atoms with Crippen molar-refractivity contribution in [2.24, 2.45) is 0 Å². The number of halogens is 2. The predicted octanol–water partition coefficient (Wildman–Crippen LogP) is 2.66. The molecule has 1 amide bonds. The Kier molecular flexibility index (Phi) is 6.58. The summed E-state index contributed by atoms with van der Waals surface area (Å²) in [5, 5.41) is 11.2. The molecule has 1 aromatic rings. The zero-order valence-corrected chi connectivity index (χ0v) is 11.5. The van der Waals surface area contributed by atoms with E-state index in [1.54, 1.807) is 13.0 Å². The first-order chi connectivity index (χ1) is 9.90. The first-order valence-electron chi connectivity index (χ1n) is 6.46. The molecule has 0 saturated heterocycles. The number of alkyl halides is 2. The smallest absolute Gasteiger partial charge is 0.387 e. The Hall–Kier alpha value is -2.18. The minimum Gasteiger partial charge on any atom is -0.481 e. The van der Waals surface area contributed by atoms with E-state index in [9.17, 15) is 18.4 Å². The van der Waals surface area contributed by atoms with Gasteiger partial charge in [-0.2, -0.15) is 8.78 Å². The van der Waals surface area contributed by atoms with Crippen LogP contribution in [0.4, 0.5) is 8.78 Å². The van der Waals surface area contributed by atoms with Gasteiger partial charge in [0.2, 0.25) is 0 Å². The molecular formula is C14H17F2NO4. The molecular weight excluding hydrogens is 284 g/mol. The summed E-state index contributed by atoms with van der Waals surface area (Å²) in [4.78, 5) is 22.4. The Bertz CT molecular complexity index is 494. The standard InChI is InChI=1S/C14H17F2NO4/c1-9(5-4-8-12(18)19)17-13(20)10-6-2-3-7-11(10)21-14(15)16/h2-3,6-7,9,14H,4-5,8H2,1H3,(H,17,20)(H,18,19). The molecule has 0 aliphatic rings. The highest BCUT2D eigenvalue weighted by atomic mass is 19.3. The lowest BCUT2D eigenvalue weighted by atomic mass is 10.1. The quantitative estimate of drug-likeness (QED) is 0.774. The number of aliphatic carboxylic acids is 1. The Labute approximate surface area is 120 Å². The first kappa shape index (κ1) is 16.9. The van der Waals surface area contributed by atoms with E-state index in [4.69, 9.17) is 5.11 Å². The van der Waals surface area contributed by atoms with Gasteiger partial charge in [0.1, 0.15) is 5.75 Å². The third-order valence-electron chi connectivity index (χ3n) is 2.75. The Morgan fingerprint density at radius 2 is 2.00 bits per heavy atom. The van der Waals surface area contributed by atoms with Crippen molar-refractivity contribution >= 4 is 11.9 Å². The lowest BCUT2D eigenvalue weighted by molar-refractivity contribution is -0.137. The summed E-state index contributed by atoms with van der Waals surface area (Å²) in [5.74, 6) is -1.62. The van der Waals surface area contributed by atoms with Crippen LogP contribution in [0, 0.1) is 0 Å². The first-order valence-corrected chi connectivity index (χ1v) is 6.46. The maximum atomic E-state index is 12.3. The maximum absolute atomic E-state index is 12.3. The number of benzene rings is 1. The number of nitrogens with one attached hydrogen (secondary N) is 1. The number of carbonyl (C=O) groups is 2. The lowest BCUT2D eigenvalue weighted by Gasteiger charge is -2.15. The Balaban J connectivity index is 2.60. The van der Waals surface area contributed by atoms with E-state index >= 15 is 0 Å². The molecule has 0 saturated carbocycles. The number of rotatable bonds is 8. The molecule has 1 unspecified atom stereocenters. The van der Waals surface area contributed by atoms with Gasteiger partial charge in [-0.25, -0.2) is 0 Å². The van der Waals surface area contributed by atoms with Gasteiger partial charge in [-0.15, -0.1) is 0 Å². The summed E-state index contributed by atoms with van der Waals surface area (Å²) < 4.78 is 28.8. The van der Waals surface area contributed by atoms with Crippen molar-refractivity contribution < 1.29 is 28.2 Å². The summed E-state index contributed by atoms with van der Waals surface area (Å²) in [7, 11) is 0. The third kappa shape index (κ3) is 6.20. The van der Waals surface area contributed by atoms with E-state index in [-0.39, 0.29) is 23.8 Å². The van der Waals surface area contributed by atoms with Crippen molar-refractivity contribution in [2.45, 2.75) is 38.8 Å². The van der Waals surface area contributed by atoms with Crippen molar-refractivity contribution in [3.05, 3.63) is 29.8 Å². The van der Waals surface area contributed by atoms with Crippen LogP contribution >= 0.6 is 0 Å². The molecule has 116 valence electrons. The van der Waals surface area contributed by atoms with Crippen molar-refractivity contribution in [3.8, 4) is 5.75 Å². The van der Waals surface area contributed by atoms with E-state index in [0.717, 1.165) is 0 Å². The van der Waals surface area contributed by atoms with Crippen LogP contribution in [0.1, 0.15) is 36.5 Å². The maximum Gasteiger partial charge on any atom is 0.387 e. The van der Waals surface area contributed by atoms with E-state index in [0.29, 0.717) is 12.8 Å². The predicted molar refractivity (Wildman–Crippen MR) is 71.5 cm³/mol. The van der Waals surface area contributed by atoms with Crippen molar-refractivity contribution in [1.29, 1.82) is 0 Å². The molecule has 7 heteroatoms. The average molecular weight is 301 g/mol. The van der Waals surface area contributed by atoms with Gasteiger partial charge in [-0.05, 0) is 31.9 Å². The van der Waals surface area contributed by atoms with Crippen LogP contribution < -0.4 is 10.1 Å². The number of hydrogen-bond donors (Lipinski definition) is 2. The largest absolute Gasteiger partial charge is 0.481 e. The van der Waals surface area contributed by atoms with Crippen molar-refractivity contribution in [1.82, 2.24) is 5.32 Å². The highest BCUT2D eigenvalue weighted by Crippen LogP contribution is 2.20. The van der Waals surface area contributed by atoms with Gasteiger partial charge < -0.3 is 15.2 Å². The zero-order chi connectivity index (χ0) is 15.8. The van der Waals surface area contributed by atoms with E-state index in [1.807, 2.05) is 0 Å². The van der Waals surface area contributed by atoms with Crippen LogP contribution in [-0.4, -0.2) is 29.6 Å². The molecule has 1 rings (SSSR count). The topological polar surface area (TPSA) is 75.6 Å². The van der Waals surface area contributed by atoms with Gasteiger partial charge in [0, 0.05) is 12.5 Å². The van der Waals surface area contributed by atoms with Gasteiger partial charge >= 0.3 is 12.6 Å². The molecule has 0 aliphatic carbocycles. The molecule has 0 spiro atoms. The highest BCUT2D eigenvalue weighted by Gasteiger charge is 2.16. The molecule has 5 nitrogen and oxygen atoms in total. The number of carbonyl (C=O) groups excluding carboxylic acids is 1. The zero-order valence-electron chi connectivity index (χ0n) is 11.5. The molecule has 0 fully saturated rings. The fraction of sp³-hybridized carbons (Fsp3) is 0.429. The number of carboxylic acids is 1. The van der Waals surface area contributed by atoms with Crippen molar-refractivity contribution in [3.63, 3.8) is 0 Å². The number of ether oxygens (including phenoxy) is 1. The normalized spacial score (nSPS) is 12.0. The number of para-hydroxylation sites is 1. The second-order valence-corrected chi connectivity index (χ2v) is 4.54. The highest BCUT2D eigenvalue weighted by molar-refractivity contribution is 5.97. The molecule has 0 bridgehead atoms. The Morgan fingerprint density at radius 1 is 1.33 bits per heavy atom. The fourth-order valence-electron chi connectivity index (χ4n) is 1.79. The molecule has 0 aromatic heterocycles. The summed E-state index contributed by atoms with van der Waals surface area (Å²) in [6.45, 7) is -1.29. The molecule has 21 heavy (non-hydrogen) atoms. The van der Waals surface area contributed by atoms with Crippen LogP contribution in [-0.2, 0) is 4.79 Å². The molecule has 1 atom stereocenters. The minimum absolute atomic E-state index is 0.0166. The second-order valence-electron chi connectivity index (χ2n) is 4.54. The monoisotopic (exact) mass is 301 g/mol. The van der Waals surface area contributed by atoms with Gasteiger partial charge in [0.25, 0.3) is 5.91 Å². The SMILES string of the molecule is CC(CCCC(=O)O)NC(=O)c1ccccc1OC(F)F. The van der Waals surface area contributed by atoms with Crippen LogP contribution in [0.2, 0.25) is 0 Å². The van der Waals surface area contributed by atoms with Crippen molar-refractivity contribution in [2.75, 3.05) is 0 Å². The van der Waals surface area contributed by atoms with Gasteiger partial charge in [-0.1, -0.05) is 12.1 Å². The minimum atomic E-state index is -3.01. The number of carboxylic acid groups (broad SMARTS) is 1. The molecule has 1 aromatic carbocycles. The Morgan fingerprint density at radius 3 is 2.62 bits per heavy atom. The summed E-state index contributed by atoms with van der Waals surface area (Å²) in [5.41, 5.74) is 0.0166. The van der Waals surface area contributed by atoms with E-state index < -0.39 is 18.5 Å². The summed E-state index contributed by atoms with van der Waals surface area (Å²) in [6.07, 6.45) is 0.924. The van der Waals surface area contributed by atoms with Crippen LogP contribution in [0.25, 0.3) is 0 Å². The van der Waals surface area contributed by atoms with Gasteiger partial charge in [0.05, 0.1) is 5.56 Å². The molecule has 0 radical (unpaired) electrons. The van der Waals surface area contributed by atoms with Crippen LogP contribution in [0.5, 0.6) is 5.75 Å². The average Bonchev–Trinajstić information content (AvgIpc) is 2.37. The fourth-order valence-corrected chi connectivity index (χ4v) is 1.79. The van der Waals surface area contributed by atoms with Gasteiger partial charge in [0.15, 0.2) is 0 Å². The number of amides is 1. The third-order valence-corrected chi connectivity index (χ3v) is 2.75. The summed E-state index contributed by atoms with van der Waals surface area (Å²) >= 11 is 0.